The van der Waals surface area contributed by atoms with Gasteiger partial charge in [-0.1, -0.05) is 34.7 Å². The highest BCUT2D eigenvalue weighted by Gasteiger charge is 2.23. The maximum absolute atomic E-state index is 10.9. The maximum atomic E-state index is 10.9. The fourth-order valence-corrected chi connectivity index (χ4v) is 4.22. The minimum absolute atomic E-state index is 0.240. The van der Waals surface area contributed by atoms with E-state index in [0.29, 0.717) is 18.6 Å². The Morgan fingerprint density at radius 3 is 2.09 bits per heavy atom. The average molecular weight is 651 g/mol. The predicted octanol–water partition coefficient (Wildman–Crippen LogP) is 4.28. The molecular weight excluding hydrogens is 639 g/mol. The van der Waals surface area contributed by atoms with Crippen molar-refractivity contribution in [2.75, 3.05) is 0 Å². The van der Waals surface area contributed by atoms with Crippen LogP contribution in [0.4, 0.5) is 0 Å². The first-order chi connectivity index (χ1) is 10.8. The smallest absolute Gasteiger partial charge is 0.321 e. The van der Waals surface area contributed by atoms with Crippen LogP contribution < -0.4 is 10.5 Å². The van der Waals surface area contributed by atoms with Gasteiger partial charge in [0.2, 0.25) is 0 Å². The highest BCUT2D eigenvalue weighted by atomic mass is 127. The summed E-state index contributed by atoms with van der Waals surface area (Å²) >= 11 is 6.10. The summed E-state index contributed by atoms with van der Waals surface area (Å²) in [7, 11) is 0. The molecule has 0 aromatic heterocycles. The Morgan fingerprint density at radius 1 is 1.09 bits per heavy atom. The quantitative estimate of drug-likeness (QED) is 0.332. The summed E-state index contributed by atoms with van der Waals surface area (Å²) in [6, 6.07) is 9.66. The number of phenolic OH excluding ortho intramolecular Hbond substituents is 1. The third kappa shape index (κ3) is 4.82. The van der Waals surface area contributed by atoms with Crippen molar-refractivity contribution in [3.8, 4) is 17.2 Å². The highest BCUT2D eigenvalue weighted by molar-refractivity contribution is 14.1. The lowest BCUT2D eigenvalue weighted by Gasteiger charge is -2.15. The molecule has 0 fully saturated rings. The molecule has 2 rings (SSSR count). The van der Waals surface area contributed by atoms with E-state index >= 15 is 0 Å². The van der Waals surface area contributed by atoms with Gasteiger partial charge in [0.05, 0.1) is 11.1 Å². The molecule has 0 aliphatic carbocycles. The summed E-state index contributed by atoms with van der Waals surface area (Å²) < 4.78 is 6.86. The minimum Gasteiger partial charge on any atom is -0.506 e. The molecule has 4 N–H and O–H groups in total. The van der Waals surface area contributed by atoms with E-state index in [1.807, 2.05) is 67.8 Å². The van der Waals surface area contributed by atoms with Crippen LogP contribution in [0, 0.1) is 7.14 Å². The lowest BCUT2D eigenvalue weighted by Crippen LogP contribution is -2.33. The first-order valence-electron chi connectivity index (χ1n) is 6.38. The van der Waals surface area contributed by atoms with Gasteiger partial charge in [0.25, 0.3) is 0 Å². The third-order valence-corrected chi connectivity index (χ3v) is 6.16. The van der Waals surface area contributed by atoms with Gasteiger partial charge in [0.1, 0.15) is 23.3 Å². The molecule has 0 heterocycles. The van der Waals surface area contributed by atoms with Crippen LogP contribution in [-0.4, -0.2) is 22.2 Å². The van der Waals surface area contributed by atoms with Crippen LogP contribution in [0.1, 0.15) is 9.49 Å². The fraction of sp³-hybridized carbons (Fsp3) is 0.133. The van der Waals surface area contributed by atoms with Gasteiger partial charge < -0.3 is 20.7 Å². The third-order valence-electron chi connectivity index (χ3n) is 3.03. The second-order valence-electron chi connectivity index (χ2n) is 4.67. The molecule has 0 spiro atoms. The largest absolute Gasteiger partial charge is 0.506 e. The van der Waals surface area contributed by atoms with Crippen LogP contribution >= 0.6 is 67.8 Å². The number of rotatable bonds is 5. The zero-order valence-electron chi connectivity index (χ0n) is 11.5. The lowest BCUT2D eigenvalue weighted by atomic mass is 10.1. The summed E-state index contributed by atoms with van der Waals surface area (Å²) in [5.74, 6) is 0.457. The number of carboxylic acid groups (broad SMARTS) is 1. The van der Waals surface area contributed by atoms with Gasteiger partial charge >= 0.3 is 5.97 Å². The Morgan fingerprint density at radius 2 is 1.61 bits per heavy atom. The number of halogens is 3. The van der Waals surface area contributed by atoms with Crippen LogP contribution in [0.2, 0.25) is 0 Å². The van der Waals surface area contributed by atoms with Crippen molar-refractivity contribution < 1.29 is 19.7 Å². The molecule has 0 saturated heterocycles. The van der Waals surface area contributed by atoms with Crippen molar-refractivity contribution in [2.45, 2.75) is 9.97 Å². The molecule has 5 nitrogen and oxygen atoms in total. The number of phenols is 1. The summed E-state index contributed by atoms with van der Waals surface area (Å²) in [4.78, 5) is 10.9. The number of ether oxygens (including phenoxy) is 1. The van der Waals surface area contributed by atoms with E-state index in [9.17, 15) is 9.90 Å². The Hall–Kier alpha value is -0.340. The standard InChI is InChI=1S/C15H12I3NO4/c16-10-5-9(6-11(17)14(10)20)23-8-3-1-7(2-4-8)12(18)13(19)15(21)22/h1-6,12-13,20H,19H2,(H,21,22)/t12-,13+/m0/s1. The molecule has 23 heavy (non-hydrogen) atoms. The molecule has 0 amide bonds. The van der Waals surface area contributed by atoms with Crippen LogP contribution in [0.5, 0.6) is 17.2 Å². The molecule has 0 radical (unpaired) electrons. The predicted molar refractivity (Wildman–Crippen MR) is 112 cm³/mol. The SMILES string of the molecule is N[C@@H](C(=O)O)[C@@H](I)c1ccc(Oc2cc(I)c(O)c(I)c2)cc1. The zero-order valence-corrected chi connectivity index (χ0v) is 18.0. The number of hydrogen-bond donors (Lipinski definition) is 3. The number of alkyl halides is 1. The highest BCUT2D eigenvalue weighted by Crippen LogP contribution is 2.34. The molecule has 2 atom stereocenters. The first-order valence-corrected chi connectivity index (χ1v) is 9.78. The van der Waals surface area contributed by atoms with Gasteiger partial charge in [-0.3, -0.25) is 4.79 Å². The van der Waals surface area contributed by atoms with Crippen molar-refractivity contribution in [3.63, 3.8) is 0 Å². The molecular formula is C15H12I3NO4. The number of carbonyl (C=O) groups is 1. The fourth-order valence-electron chi connectivity index (χ4n) is 1.79. The number of carboxylic acids is 1. The van der Waals surface area contributed by atoms with E-state index in [4.69, 9.17) is 15.6 Å². The Bertz CT molecular complexity index is 698. The molecule has 0 unspecified atom stereocenters. The Kier molecular flexibility index (Phi) is 6.74. The monoisotopic (exact) mass is 651 g/mol. The molecule has 2 aromatic rings. The summed E-state index contributed by atoms with van der Waals surface area (Å²) in [6.07, 6.45) is 0. The Balaban J connectivity index is 2.16. The molecule has 122 valence electrons. The van der Waals surface area contributed by atoms with Crippen molar-refractivity contribution in [2.24, 2.45) is 5.73 Å². The van der Waals surface area contributed by atoms with Gasteiger partial charge in [0.15, 0.2) is 0 Å². The van der Waals surface area contributed by atoms with Gasteiger partial charge in [0, 0.05) is 0 Å². The average Bonchev–Trinajstić information content (AvgIpc) is 2.51. The van der Waals surface area contributed by atoms with Crippen molar-refractivity contribution in [1.29, 1.82) is 0 Å². The molecule has 2 aromatic carbocycles. The van der Waals surface area contributed by atoms with Gasteiger partial charge in [-0.15, -0.1) is 0 Å². The van der Waals surface area contributed by atoms with Crippen LogP contribution in [0.15, 0.2) is 36.4 Å². The van der Waals surface area contributed by atoms with Crippen molar-refractivity contribution in [3.05, 3.63) is 49.1 Å². The lowest BCUT2D eigenvalue weighted by molar-refractivity contribution is -0.138. The van der Waals surface area contributed by atoms with E-state index in [1.165, 1.54) is 0 Å². The van der Waals surface area contributed by atoms with E-state index < -0.39 is 12.0 Å². The summed E-state index contributed by atoms with van der Waals surface area (Å²) in [5.41, 5.74) is 6.46. The number of aromatic hydroxyl groups is 1. The second-order valence-corrected chi connectivity index (χ2v) is 8.34. The molecule has 0 bridgehead atoms. The molecule has 0 saturated carbocycles. The van der Waals surface area contributed by atoms with Crippen LogP contribution in [0.25, 0.3) is 0 Å². The summed E-state index contributed by atoms with van der Waals surface area (Å²) in [6.45, 7) is 0. The van der Waals surface area contributed by atoms with Crippen LogP contribution in [0.3, 0.4) is 0 Å². The van der Waals surface area contributed by atoms with Crippen LogP contribution in [-0.2, 0) is 4.79 Å². The van der Waals surface area contributed by atoms with Gasteiger partial charge in [-0.25, -0.2) is 0 Å². The van der Waals surface area contributed by atoms with Crippen molar-refractivity contribution >= 4 is 73.7 Å². The molecule has 0 aliphatic rings. The zero-order chi connectivity index (χ0) is 17.1. The number of aliphatic carboxylic acids is 1. The second kappa shape index (κ2) is 8.16. The first kappa shape index (κ1) is 19.0. The number of nitrogens with two attached hydrogens (primary N) is 1. The Labute approximate surface area is 174 Å². The van der Waals surface area contributed by atoms with E-state index in [0.717, 1.165) is 5.56 Å². The normalized spacial score (nSPS) is 13.4. The number of hydrogen-bond acceptors (Lipinski definition) is 4. The molecule has 8 heteroatoms. The topological polar surface area (TPSA) is 92.8 Å². The van der Waals surface area contributed by atoms with E-state index in [1.54, 1.807) is 36.4 Å². The van der Waals surface area contributed by atoms with Gasteiger partial charge in [-0.05, 0) is 75.0 Å². The van der Waals surface area contributed by atoms with Gasteiger partial charge in [-0.2, -0.15) is 0 Å². The van der Waals surface area contributed by atoms with E-state index in [-0.39, 0.29) is 9.67 Å². The van der Waals surface area contributed by atoms with E-state index in [2.05, 4.69) is 0 Å². The maximum Gasteiger partial charge on any atom is 0.321 e. The number of benzene rings is 2. The molecule has 0 aliphatic heterocycles. The van der Waals surface area contributed by atoms with Crippen molar-refractivity contribution in [1.82, 2.24) is 0 Å². The minimum atomic E-state index is -1.03. The summed E-state index contributed by atoms with van der Waals surface area (Å²) in [5, 5.41) is 18.7.